The van der Waals surface area contributed by atoms with Crippen LogP contribution in [0.1, 0.15) is 45.4 Å². The summed E-state index contributed by atoms with van der Waals surface area (Å²) < 4.78 is 9.12. The average molecular weight is 258 g/mol. The summed E-state index contributed by atoms with van der Waals surface area (Å²) in [5, 5.41) is 0. The molecule has 0 heterocycles. The molecule has 0 aromatic carbocycles. The van der Waals surface area contributed by atoms with Crippen LogP contribution in [-0.2, 0) is 8.83 Å². The number of unbranched alkanes of at least 4 members (excludes halogenated alkanes) is 5. The predicted octanol–water partition coefficient (Wildman–Crippen LogP) is 2.81. The van der Waals surface area contributed by atoms with Gasteiger partial charge in [0.05, 0.1) is 6.61 Å². The van der Waals surface area contributed by atoms with Crippen LogP contribution in [0.2, 0.25) is 0 Å². The average Bonchev–Trinajstić information content (AvgIpc) is 2.15. The van der Waals surface area contributed by atoms with E-state index in [1.807, 2.05) is 0 Å². The molecule has 0 radical (unpaired) electrons. The highest BCUT2D eigenvalue weighted by Crippen LogP contribution is 2.46. The van der Waals surface area contributed by atoms with Crippen molar-refractivity contribution in [3.63, 3.8) is 0 Å². The number of rotatable bonds is 10. The van der Waals surface area contributed by atoms with Crippen LogP contribution in [0, 0.1) is 0 Å². The Morgan fingerprint density at radius 3 is 2.13 bits per heavy atom. The van der Waals surface area contributed by atoms with Crippen molar-refractivity contribution in [3.05, 3.63) is 0 Å². The molecule has 0 aliphatic carbocycles. The maximum absolute atomic E-state index is 8.98. The SMILES string of the molecule is CCCCCCCCOP(O)OP(O)O. The molecular formula is C8H20O5P2. The lowest BCUT2D eigenvalue weighted by Crippen LogP contribution is -1.91. The topological polar surface area (TPSA) is 79.2 Å². The lowest BCUT2D eigenvalue weighted by Gasteiger charge is -2.09. The van der Waals surface area contributed by atoms with Gasteiger partial charge in [-0.2, -0.15) is 0 Å². The number of hydrogen-bond acceptors (Lipinski definition) is 5. The summed E-state index contributed by atoms with van der Waals surface area (Å²) in [4.78, 5) is 25.8. The van der Waals surface area contributed by atoms with E-state index in [1.54, 1.807) is 0 Å². The van der Waals surface area contributed by atoms with Crippen molar-refractivity contribution in [3.8, 4) is 0 Å². The third-order valence-electron chi connectivity index (χ3n) is 1.84. The van der Waals surface area contributed by atoms with Crippen LogP contribution in [0.3, 0.4) is 0 Å². The monoisotopic (exact) mass is 258 g/mol. The van der Waals surface area contributed by atoms with Crippen LogP contribution in [0.25, 0.3) is 0 Å². The molecule has 0 aromatic heterocycles. The highest BCUT2D eigenvalue weighted by molar-refractivity contribution is 7.54. The molecule has 0 fully saturated rings. The number of hydrogen-bond donors (Lipinski definition) is 3. The molecule has 15 heavy (non-hydrogen) atoms. The Kier molecular flexibility index (Phi) is 11.6. The van der Waals surface area contributed by atoms with E-state index in [0.29, 0.717) is 6.61 Å². The van der Waals surface area contributed by atoms with Gasteiger partial charge in [0.25, 0.3) is 0 Å². The Balaban J connectivity index is 3.09. The Labute approximate surface area is 93.4 Å². The molecule has 0 aliphatic rings. The zero-order valence-electron chi connectivity index (χ0n) is 9.00. The first-order chi connectivity index (χ1) is 7.16. The summed E-state index contributed by atoms with van der Waals surface area (Å²) in [5.41, 5.74) is 0. The van der Waals surface area contributed by atoms with Gasteiger partial charge >= 0.3 is 17.2 Å². The van der Waals surface area contributed by atoms with Crippen molar-refractivity contribution in [2.24, 2.45) is 0 Å². The maximum atomic E-state index is 8.98. The minimum Gasteiger partial charge on any atom is -0.328 e. The second-order valence-electron chi connectivity index (χ2n) is 3.17. The molecule has 3 N–H and O–H groups in total. The van der Waals surface area contributed by atoms with Crippen molar-refractivity contribution in [2.45, 2.75) is 45.4 Å². The molecule has 1 atom stereocenters. The lowest BCUT2D eigenvalue weighted by atomic mass is 10.1. The molecular weight excluding hydrogens is 238 g/mol. The van der Waals surface area contributed by atoms with Gasteiger partial charge in [0.15, 0.2) is 0 Å². The Bertz CT molecular complexity index is 136. The van der Waals surface area contributed by atoms with E-state index < -0.39 is 17.2 Å². The van der Waals surface area contributed by atoms with Crippen LogP contribution < -0.4 is 0 Å². The summed E-state index contributed by atoms with van der Waals surface area (Å²) in [6.07, 6.45) is 6.82. The first-order valence-corrected chi connectivity index (χ1v) is 7.44. The molecule has 0 aliphatic heterocycles. The quantitative estimate of drug-likeness (QED) is 0.415. The van der Waals surface area contributed by atoms with Gasteiger partial charge in [0, 0.05) is 0 Å². The third kappa shape index (κ3) is 12.6. The Morgan fingerprint density at radius 1 is 0.933 bits per heavy atom. The van der Waals surface area contributed by atoms with E-state index in [9.17, 15) is 0 Å². The first-order valence-electron chi connectivity index (χ1n) is 5.14. The molecule has 0 spiro atoms. The van der Waals surface area contributed by atoms with Crippen molar-refractivity contribution < 1.29 is 23.5 Å². The summed E-state index contributed by atoms with van der Waals surface area (Å²) in [6.45, 7) is 2.57. The van der Waals surface area contributed by atoms with Crippen LogP contribution in [0.15, 0.2) is 0 Å². The van der Waals surface area contributed by atoms with E-state index in [-0.39, 0.29) is 0 Å². The van der Waals surface area contributed by atoms with E-state index >= 15 is 0 Å². The van der Waals surface area contributed by atoms with E-state index in [0.717, 1.165) is 12.8 Å². The minimum atomic E-state index is -2.52. The summed E-state index contributed by atoms with van der Waals surface area (Å²) in [6, 6.07) is 0. The highest BCUT2D eigenvalue weighted by atomic mass is 31.2. The van der Waals surface area contributed by atoms with Gasteiger partial charge in [-0.15, -0.1) is 0 Å². The molecule has 92 valence electrons. The van der Waals surface area contributed by atoms with Gasteiger partial charge in [0.1, 0.15) is 0 Å². The molecule has 0 amide bonds. The maximum Gasteiger partial charge on any atom is 0.337 e. The van der Waals surface area contributed by atoms with Crippen molar-refractivity contribution >= 4 is 17.2 Å². The summed E-state index contributed by atoms with van der Waals surface area (Å²) >= 11 is 0. The van der Waals surface area contributed by atoms with Crippen LogP contribution in [-0.4, -0.2) is 21.3 Å². The van der Waals surface area contributed by atoms with Gasteiger partial charge in [-0.3, -0.25) is 0 Å². The van der Waals surface area contributed by atoms with Gasteiger partial charge in [-0.05, 0) is 6.42 Å². The largest absolute Gasteiger partial charge is 0.337 e. The molecule has 1 unspecified atom stereocenters. The van der Waals surface area contributed by atoms with Crippen molar-refractivity contribution in [1.82, 2.24) is 0 Å². The molecule has 0 saturated carbocycles. The van der Waals surface area contributed by atoms with Crippen LogP contribution in [0.4, 0.5) is 0 Å². The van der Waals surface area contributed by atoms with Gasteiger partial charge < -0.3 is 19.2 Å². The summed E-state index contributed by atoms with van der Waals surface area (Å²) in [7, 11) is -4.64. The fourth-order valence-electron chi connectivity index (χ4n) is 1.11. The van der Waals surface area contributed by atoms with E-state index in [1.165, 1.54) is 25.7 Å². The third-order valence-corrected chi connectivity index (χ3v) is 3.39. The second-order valence-corrected chi connectivity index (χ2v) is 5.07. The van der Waals surface area contributed by atoms with E-state index in [4.69, 9.17) is 19.2 Å². The second kappa shape index (κ2) is 11.2. The molecule has 0 aromatic rings. The summed E-state index contributed by atoms with van der Waals surface area (Å²) in [5.74, 6) is 0. The van der Waals surface area contributed by atoms with Gasteiger partial charge in [0.2, 0.25) is 0 Å². The smallest absolute Gasteiger partial charge is 0.328 e. The molecule has 0 rings (SSSR count). The highest BCUT2D eigenvalue weighted by Gasteiger charge is 2.11. The predicted molar refractivity (Wildman–Crippen MR) is 60.9 cm³/mol. The normalized spacial score (nSPS) is 13.4. The van der Waals surface area contributed by atoms with Crippen LogP contribution >= 0.6 is 17.2 Å². The molecule has 0 bridgehead atoms. The Hall–Kier alpha value is 0.660. The van der Waals surface area contributed by atoms with E-state index in [2.05, 4.69) is 11.2 Å². The van der Waals surface area contributed by atoms with Gasteiger partial charge in [-0.1, -0.05) is 39.0 Å². The molecule has 7 heteroatoms. The van der Waals surface area contributed by atoms with Crippen molar-refractivity contribution in [1.29, 1.82) is 0 Å². The van der Waals surface area contributed by atoms with Gasteiger partial charge in [-0.25, -0.2) is 4.31 Å². The fraction of sp³-hybridized carbons (Fsp3) is 1.00. The van der Waals surface area contributed by atoms with Crippen LogP contribution in [0.5, 0.6) is 0 Å². The zero-order valence-corrected chi connectivity index (χ0v) is 10.8. The first kappa shape index (κ1) is 15.7. The molecule has 5 nitrogen and oxygen atoms in total. The lowest BCUT2D eigenvalue weighted by molar-refractivity contribution is 0.242. The standard InChI is InChI=1S/C8H20O5P2/c1-2-3-4-5-6-7-8-12-15(11)13-14(9)10/h9-11H,2-8H2,1H3. The van der Waals surface area contributed by atoms with Crippen molar-refractivity contribution in [2.75, 3.05) is 6.61 Å². The molecule has 0 saturated heterocycles. The fourth-order valence-corrected chi connectivity index (χ4v) is 2.08. The Morgan fingerprint density at radius 2 is 1.53 bits per heavy atom. The minimum absolute atomic E-state index is 0.400. The zero-order chi connectivity index (χ0) is 11.5.